The van der Waals surface area contributed by atoms with Crippen LogP contribution in [0.4, 0.5) is 0 Å². The van der Waals surface area contributed by atoms with Crippen molar-refractivity contribution < 1.29 is 34.4 Å². The molecule has 4 saturated carbocycles. The molecule has 7 heteroatoms. The molecular formula is C21H24O7. The molecule has 2 aliphatic heterocycles. The Morgan fingerprint density at radius 3 is 2.46 bits per heavy atom. The van der Waals surface area contributed by atoms with Crippen LogP contribution in [-0.2, 0) is 19.1 Å². The highest BCUT2D eigenvalue weighted by molar-refractivity contribution is 6.21. The molecule has 6 rings (SSSR count). The van der Waals surface area contributed by atoms with Gasteiger partial charge in [-0.3, -0.25) is 14.4 Å². The van der Waals surface area contributed by atoms with E-state index in [4.69, 9.17) is 4.74 Å². The maximum absolute atomic E-state index is 13.6. The number of fused-ring (bicyclic) bond motifs is 3. The zero-order valence-corrected chi connectivity index (χ0v) is 15.8. The third-order valence-corrected chi connectivity index (χ3v) is 8.52. The molecule has 4 bridgehead atoms. The normalized spacial score (nSPS) is 52.8. The number of aliphatic hydroxyl groups is 3. The van der Waals surface area contributed by atoms with Gasteiger partial charge in [0, 0.05) is 17.3 Å². The second-order valence-corrected chi connectivity index (χ2v) is 9.66. The third kappa shape index (κ3) is 1.49. The van der Waals surface area contributed by atoms with Crippen LogP contribution in [0.5, 0.6) is 0 Å². The van der Waals surface area contributed by atoms with Crippen molar-refractivity contribution in [1.82, 2.24) is 0 Å². The van der Waals surface area contributed by atoms with E-state index in [1.807, 2.05) is 0 Å². The monoisotopic (exact) mass is 388 g/mol. The summed E-state index contributed by atoms with van der Waals surface area (Å²) in [6.07, 6.45) is -2.07. The number of carbonyl (C=O) groups is 3. The Morgan fingerprint density at radius 2 is 1.82 bits per heavy atom. The summed E-state index contributed by atoms with van der Waals surface area (Å²) in [5, 5.41) is 32.0. The van der Waals surface area contributed by atoms with E-state index >= 15 is 0 Å². The smallest absolute Gasteiger partial charge is 0.178 e. The standard InChI is InChI=1S/C21H24O7/c1-8-9-4-5-11-20-7-28-18(10(6-22)15(20)25)19(2,3)13(20)12(23)17(27)21(11,14(8)24)16(9)26/h6,9,11-13,16,18,22-23,26H,1,4-5,7H2,2-3H3/b10-6+/t9-,11-,12-,13+,16+,18+,20-,21-/m0/s1. The Balaban J connectivity index is 1.83. The Morgan fingerprint density at radius 1 is 1.14 bits per heavy atom. The van der Waals surface area contributed by atoms with Crippen LogP contribution in [0.3, 0.4) is 0 Å². The molecular weight excluding hydrogens is 364 g/mol. The van der Waals surface area contributed by atoms with Crippen molar-refractivity contribution in [3.63, 3.8) is 0 Å². The minimum absolute atomic E-state index is 0.0458. The van der Waals surface area contributed by atoms with E-state index in [2.05, 4.69) is 6.58 Å². The molecule has 3 N–H and O–H groups in total. The first-order valence-electron chi connectivity index (χ1n) is 9.74. The Hall–Kier alpha value is -1.83. The maximum atomic E-state index is 13.6. The lowest BCUT2D eigenvalue weighted by atomic mass is 9.37. The zero-order valence-electron chi connectivity index (χ0n) is 15.8. The zero-order chi connectivity index (χ0) is 20.4. The lowest BCUT2D eigenvalue weighted by molar-refractivity contribution is -0.262. The lowest BCUT2D eigenvalue weighted by Gasteiger charge is -2.68. The molecule has 150 valence electrons. The summed E-state index contributed by atoms with van der Waals surface area (Å²) >= 11 is 0. The third-order valence-electron chi connectivity index (χ3n) is 8.52. The number of rotatable bonds is 0. The van der Waals surface area contributed by atoms with Crippen molar-refractivity contribution in [1.29, 1.82) is 0 Å². The van der Waals surface area contributed by atoms with Crippen LogP contribution in [-0.4, -0.2) is 57.6 Å². The number of hydrogen-bond donors (Lipinski definition) is 3. The molecule has 7 nitrogen and oxygen atoms in total. The Bertz CT molecular complexity index is 885. The Labute approximate surface area is 162 Å². The van der Waals surface area contributed by atoms with Crippen molar-refractivity contribution in [2.75, 3.05) is 6.61 Å². The molecule has 0 aromatic heterocycles. The van der Waals surface area contributed by atoms with Gasteiger partial charge in [-0.25, -0.2) is 0 Å². The van der Waals surface area contributed by atoms with Gasteiger partial charge in [-0.15, -0.1) is 0 Å². The number of aliphatic hydroxyl groups excluding tert-OH is 3. The summed E-state index contributed by atoms with van der Waals surface area (Å²) in [6, 6.07) is 0. The van der Waals surface area contributed by atoms with Gasteiger partial charge in [-0.2, -0.15) is 0 Å². The highest BCUT2D eigenvalue weighted by Gasteiger charge is 2.82. The van der Waals surface area contributed by atoms with Crippen LogP contribution < -0.4 is 0 Å². The molecule has 6 fully saturated rings. The molecule has 0 amide bonds. The van der Waals surface area contributed by atoms with E-state index in [1.54, 1.807) is 13.8 Å². The fraction of sp³-hybridized carbons (Fsp3) is 0.667. The molecule has 0 radical (unpaired) electrons. The summed E-state index contributed by atoms with van der Waals surface area (Å²) in [7, 11) is 0. The van der Waals surface area contributed by atoms with Gasteiger partial charge < -0.3 is 20.1 Å². The van der Waals surface area contributed by atoms with Gasteiger partial charge in [-0.1, -0.05) is 20.4 Å². The van der Waals surface area contributed by atoms with Gasteiger partial charge >= 0.3 is 0 Å². The van der Waals surface area contributed by atoms with Gasteiger partial charge in [0.15, 0.2) is 17.3 Å². The van der Waals surface area contributed by atoms with Crippen molar-refractivity contribution in [2.45, 2.75) is 45.0 Å². The summed E-state index contributed by atoms with van der Waals surface area (Å²) in [6.45, 7) is 7.37. The van der Waals surface area contributed by atoms with Crippen molar-refractivity contribution in [3.8, 4) is 0 Å². The van der Waals surface area contributed by atoms with Crippen LogP contribution in [0.25, 0.3) is 0 Å². The average Bonchev–Trinajstić information content (AvgIpc) is 2.75. The number of Topliss-reactive ketones (excluding diaryl/α,β-unsaturated/α-hetero) is 3. The maximum Gasteiger partial charge on any atom is 0.178 e. The number of hydrogen-bond acceptors (Lipinski definition) is 7. The fourth-order valence-electron chi connectivity index (χ4n) is 7.56. The number of ether oxygens (including phenoxy) is 1. The highest BCUT2D eigenvalue weighted by Crippen LogP contribution is 2.71. The predicted octanol–water partition coefficient (Wildman–Crippen LogP) is 0.495. The second kappa shape index (κ2) is 5.01. The van der Waals surface area contributed by atoms with Gasteiger partial charge in [0.05, 0.1) is 36.1 Å². The molecule has 2 spiro atoms. The SMILES string of the molecule is C=C1C(=O)[C@@]23C(=O)[C@@H](O)[C@@H]4C(C)(C)[C@@H]5OC[C@]4(C(=O)/C5=C\O)[C@@H]2CC[C@@H]1[C@H]3O. The van der Waals surface area contributed by atoms with Crippen LogP contribution in [0.1, 0.15) is 26.7 Å². The van der Waals surface area contributed by atoms with Crippen LogP contribution in [0.15, 0.2) is 24.0 Å². The fourth-order valence-corrected chi connectivity index (χ4v) is 7.56. The minimum Gasteiger partial charge on any atom is -0.515 e. The topological polar surface area (TPSA) is 121 Å². The van der Waals surface area contributed by atoms with E-state index in [-0.39, 0.29) is 23.5 Å². The number of carbonyl (C=O) groups excluding carboxylic acids is 3. The minimum atomic E-state index is -1.87. The van der Waals surface area contributed by atoms with Gasteiger partial charge in [-0.05, 0) is 24.3 Å². The predicted molar refractivity (Wildman–Crippen MR) is 95.0 cm³/mol. The molecule has 6 aliphatic rings. The van der Waals surface area contributed by atoms with Crippen molar-refractivity contribution in [3.05, 3.63) is 24.0 Å². The van der Waals surface area contributed by atoms with Crippen LogP contribution in [0.2, 0.25) is 0 Å². The number of ketones is 3. The first-order valence-corrected chi connectivity index (χ1v) is 9.74. The van der Waals surface area contributed by atoms with E-state index < -0.39 is 63.9 Å². The van der Waals surface area contributed by atoms with Crippen LogP contribution in [0, 0.1) is 34.0 Å². The quantitative estimate of drug-likeness (QED) is 0.314. The molecule has 2 saturated heterocycles. The van der Waals surface area contributed by atoms with E-state index in [1.165, 1.54) is 0 Å². The average molecular weight is 388 g/mol. The lowest BCUT2D eigenvalue weighted by Crippen LogP contribution is -2.79. The van der Waals surface area contributed by atoms with E-state index in [0.29, 0.717) is 12.8 Å². The molecule has 8 atom stereocenters. The largest absolute Gasteiger partial charge is 0.515 e. The molecule has 0 aromatic carbocycles. The van der Waals surface area contributed by atoms with Crippen LogP contribution >= 0.6 is 0 Å². The summed E-state index contributed by atoms with van der Waals surface area (Å²) in [4.78, 5) is 40.3. The van der Waals surface area contributed by atoms with Crippen molar-refractivity contribution >= 4 is 17.3 Å². The molecule has 2 heterocycles. The van der Waals surface area contributed by atoms with Crippen molar-refractivity contribution in [2.24, 2.45) is 34.0 Å². The first-order chi connectivity index (χ1) is 13.1. The second-order valence-electron chi connectivity index (χ2n) is 9.66. The van der Waals surface area contributed by atoms with Gasteiger partial charge in [0.25, 0.3) is 0 Å². The summed E-state index contributed by atoms with van der Waals surface area (Å²) in [5.74, 6) is -3.74. The highest BCUT2D eigenvalue weighted by atomic mass is 16.5. The van der Waals surface area contributed by atoms with E-state index in [0.717, 1.165) is 6.26 Å². The van der Waals surface area contributed by atoms with Gasteiger partial charge in [0.1, 0.15) is 11.5 Å². The molecule has 28 heavy (non-hydrogen) atoms. The first kappa shape index (κ1) is 18.2. The molecule has 0 aromatic rings. The summed E-state index contributed by atoms with van der Waals surface area (Å²) < 4.78 is 5.97. The van der Waals surface area contributed by atoms with E-state index in [9.17, 15) is 29.7 Å². The summed E-state index contributed by atoms with van der Waals surface area (Å²) in [5.41, 5.74) is -3.74. The molecule has 0 unspecified atom stereocenters. The Kier molecular flexibility index (Phi) is 3.26. The van der Waals surface area contributed by atoms with Gasteiger partial charge in [0.2, 0.25) is 0 Å². The molecule has 4 aliphatic carbocycles.